The summed E-state index contributed by atoms with van der Waals surface area (Å²) in [6, 6.07) is 0.0564. The van der Waals surface area contributed by atoms with Gasteiger partial charge < -0.3 is 20.7 Å². The molecule has 1 heterocycles. The van der Waals surface area contributed by atoms with Gasteiger partial charge in [-0.15, -0.1) is 0 Å². The zero-order valence-corrected chi connectivity index (χ0v) is 10.8. The van der Waals surface area contributed by atoms with Crippen molar-refractivity contribution in [2.45, 2.75) is 38.1 Å². The van der Waals surface area contributed by atoms with Crippen molar-refractivity contribution in [1.29, 1.82) is 0 Å². The van der Waals surface area contributed by atoms with Crippen molar-refractivity contribution in [2.24, 2.45) is 5.73 Å². The average molecular weight is 243 g/mol. The lowest BCUT2D eigenvalue weighted by Gasteiger charge is -2.21. The quantitative estimate of drug-likeness (QED) is 0.755. The molecule has 17 heavy (non-hydrogen) atoms. The summed E-state index contributed by atoms with van der Waals surface area (Å²) in [5.41, 5.74) is 5.78. The SMILES string of the molecule is COCC(N)CCNC(=O)N1CCCCCC1. The van der Waals surface area contributed by atoms with Crippen LogP contribution in [0.5, 0.6) is 0 Å². The van der Waals surface area contributed by atoms with Gasteiger partial charge in [0.05, 0.1) is 6.61 Å². The van der Waals surface area contributed by atoms with Gasteiger partial charge in [0, 0.05) is 32.8 Å². The van der Waals surface area contributed by atoms with Gasteiger partial charge in [-0.25, -0.2) is 4.79 Å². The van der Waals surface area contributed by atoms with E-state index in [-0.39, 0.29) is 12.1 Å². The number of methoxy groups -OCH3 is 1. The van der Waals surface area contributed by atoms with Gasteiger partial charge in [0.1, 0.15) is 0 Å². The van der Waals surface area contributed by atoms with Crippen LogP contribution in [0.15, 0.2) is 0 Å². The summed E-state index contributed by atoms with van der Waals surface area (Å²) in [6.07, 6.45) is 5.48. The Morgan fingerprint density at radius 2 is 2.00 bits per heavy atom. The molecule has 0 aromatic carbocycles. The van der Waals surface area contributed by atoms with E-state index in [2.05, 4.69) is 5.32 Å². The van der Waals surface area contributed by atoms with Gasteiger partial charge in [-0.05, 0) is 19.3 Å². The van der Waals surface area contributed by atoms with Crippen molar-refractivity contribution >= 4 is 6.03 Å². The minimum absolute atomic E-state index is 0.00411. The topological polar surface area (TPSA) is 67.6 Å². The van der Waals surface area contributed by atoms with Gasteiger partial charge in [-0.1, -0.05) is 12.8 Å². The fraction of sp³-hybridized carbons (Fsp3) is 0.917. The van der Waals surface area contributed by atoms with Crippen molar-refractivity contribution in [3.05, 3.63) is 0 Å². The smallest absolute Gasteiger partial charge is 0.317 e. The lowest BCUT2D eigenvalue weighted by Crippen LogP contribution is -2.42. The third kappa shape index (κ3) is 5.89. The maximum absolute atomic E-state index is 11.8. The van der Waals surface area contributed by atoms with Gasteiger partial charge in [-0.2, -0.15) is 0 Å². The molecule has 1 saturated heterocycles. The van der Waals surface area contributed by atoms with Crippen molar-refractivity contribution in [3.63, 3.8) is 0 Å². The number of ether oxygens (including phenoxy) is 1. The minimum atomic E-state index is 0.00411. The Morgan fingerprint density at radius 1 is 1.35 bits per heavy atom. The molecule has 1 aliphatic heterocycles. The number of rotatable bonds is 5. The maximum atomic E-state index is 11.8. The molecular weight excluding hydrogens is 218 g/mol. The number of carbonyl (C=O) groups excluding carboxylic acids is 1. The second-order valence-electron chi connectivity index (χ2n) is 4.64. The molecule has 0 radical (unpaired) electrons. The van der Waals surface area contributed by atoms with Crippen LogP contribution in [0.25, 0.3) is 0 Å². The minimum Gasteiger partial charge on any atom is -0.383 e. The highest BCUT2D eigenvalue weighted by atomic mass is 16.5. The Bertz CT molecular complexity index is 216. The second-order valence-corrected chi connectivity index (χ2v) is 4.64. The van der Waals surface area contributed by atoms with E-state index in [1.165, 1.54) is 12.8 Å². The zero-order chi connectivity index (χ0) is 12.5. The number of likely N-dealkylation sites (tertiary alicyclic amines) is 1. The number of hydrogen-bond donors (Lipinski definition) is 2. The molecule has 1 aliphatic rings. The number of urea groups is 1. The third-order valence-electron chi connectivity index (χ3n) is 3.07. The summed E-state index contributed by atoms with van der Waals surface area (Å²) in [5.74, 6) is 0. The lowest BCUT2D eigenvalue weighted by atomic mass is 10.2. The van der Waals surface area contributed by atoms with Crippen LogP contribution in [0.3, 0.4) is 0 Å². The number of nitrogens with two attached hydrogens (primary N) is 1. The number of amides is 2. The van der Waals surface area contributed by atoms with Crippen LogP contribution in [0.2, 0.25) is 0 Å². The monoisotopic (exact) mass is 243 g/mol. The highest BCUT2D eigenvalue weighted by molar-refractivity contribution is 5.74. The molecule has 0 spiro atoms. The molecule has 1 unspecified atom stereocenters. The van der Waals surface area contributed by atoms with E-state index in [0.29, 0.717) is 13.2 Å². The Morgan fingerprint density at radius 3 is 2.59 bits per heavy atom. The van der Waals surface area contributed by atoms with Crippen molar-refractivity contribution in [2.75, 3.05) is 33.4 Å². The molecule has 3 N–H and O–H groups in total. The molecule has 0 saturated carbocycles. The van der Waals surface area contributed by atoms with E-state index >= 15 is 0 Å². The Labute approximate surface area is 104 Å². The molecule has 1 fully saturated rings. The van der Waals surface area contributed by atoms with E-state index in [1.54, 1.807) is 7.11 Å². The van der Waals surface area contributed by atoms with Gasteiger partial charge in [0.15, 0.2) is 0 Å². The highest BCUT2D eigenvalue weighted by Crippen LogP contribution is 2.09. The average Bonchev–Trinajstić information content (AvgIpc) is 2.57. The normalized spacial score (nSPS) is 18.6. The lowest BCUT2D eigenvalue weighted by molar-refractivity contribution is 0.175. The summed E-state index contributed by atoms with van der Waals surface area (Å²) in [4.78, 5) is 13.7. The molecule has 1 rings (SSSR count). The Kier molecular flexibility index (Phi) is 6.96. The van der Waals surface area contributed by atoms with E-state index in [1.807, 2.05) is 4.90 Å². The van der Waals surface area contributed by atoms with Crippen LogP contribution in [0, 0.1) is 0 Å². The molecule has 0 aromatic heterocycles. The summed E-state index contributed by atoms with van der Waals surface area (Å²) >= 11 is 0. The van der Waals surface area contributed by atoms with Gasteiger partial charge in [0.2, 0.25) is 0 Å². The van der Waals surface area contributed by atoms with Crippen LogP contribution in [0.1, 0.15) is 32.1 Å². The summed E-state index contributed by atoms with van der Waals surface area (Å²) in [6.45, 7) is 2.94. The fourth-order valence-corrected chi connectivity index (χ4v) is 2.05. The first-order valence-electron chi connectivity index (χ1n) is 6.51. The largest absolute Gasteiger partial charge is 0.383 e. The summed E-state index contributed by atoms with van der Waals surface area (Å²) in [7, 11) is 1.63. The molecule has 0 aliphatic carbocycles. The Balaban J connectivity index is 2.15. The van der Waals surface area contributed by atoms with Crippen LogP contribution < -0.4 is 11.1 Å². The predicted molar refractivity (Wildman–Crippen MR) is 67.9 cm³/mol. The first-order valence-corrected chi connectivity index (χ1v) is 6.51. The third-order valence-corrected chi connectivity index (χ3v) is 3.07. The van der Waals surface area contributed by atoms with E-state index in [0.717, 1.165) is 32.4 Å². The fourth-order valence-electron chi connectivity index (χ4n) is 2.05. The van der Waals surface area contributed by atoms with Crippen LogP contribution in [0.4, 0.5) is 4.79 Å². The van der Waals surface area contributed by atoms with E-state index in [4.69, 9.17) is 10.5 Å². The van der Waals surface area contributed by atoms with Gasteiger partial charge >= 0.3 is 6.03 Å². The first-order chi connectivity index (χ1) is 8.24. The molecule has 0 aromatic rings. The van der Waals surface area contributed by atoms with Crippen molar-refractivity contribution < 1.29 is 9.53 Å². The number of hydrogen-bond acceptors (Lipinski definition) is 3. The number of carbonyl (C=O) groups is 1. The predicted octanol–water partition coefficient (Wildman–Crippen LogP) is 0.936. The van der Waals surface area contributed by atoms with E-state index in [9.17, 15) is 4.79 Å². The van der Waals surface area contributed by atoms with Gasteiger partial charge in [0.25, 0.3) is 0 Å². The number of nitrogens with zero attached hydrogens (tertiary/aromatic N) is 1. The molecule has 5 nitrogen and oxygen atoms in total. The first kappa shape index (κ1) is 14.3. The zero-order valence-electron chi connectivity index (χ0n) is 10.8. The molecule has 5 heteroatoms. The standard InChI is InChI=1S/C12H25N3O2/c1-17-10-11(13)6-7-14-12(16)15-8-4-2-3-5-9-15/h11H,2-10,13H2,1H3,(H,14,16). The van der Waals surface area contributed by atoms with Crippen molar-refractivity contribution in [3.8, 4) is 0 Å². The van der Waals surface area contributed by atoms with Crippen LogP contribution in [-0.4, -0.2) is 50.3 Å². The summed E-state index contributed by atoms with van der Waals surface area (Å²) in [5, 5.41) is 2.92. The van der Waals surface area contributed by atoms with Gasteiger partial charge in [-0.3, -0.25) is 0 Å². The molecule has 0 bridgehead atoms. The van der Waals surface area contributed by atoms with E-state index < -0.39 is 0 Å². The maximum Gasteiger partial charge on any atom is 0.317 e. The number of nitrogens with one attached hydrogen (secondary N) is 1. The Hall–Kier alpha value is -0.810. The van der Waals surface area contributed by atoms with Crippen LogP contribution >= 0.6 is 0 Å². The highest BCUT2D eigenvalue weighted by Gasteiger charge is 2.14. The molecule has 1 atom stereocenters. The van der Waals surface area contributed by atoms with Crippen LogP contribution in [-0.2, 0) is 4.74 Å². The molecule has 100 valence electrons. The van der Waals surface area contributed by atoms with Crippen molar-refractivity contribution in [1.82, 2.24) is 10.2 Å². The molecule has 2 amide bonds. The second kappa shape index (κ2) is 8.31. The summed E-state index contributed by atoms with van der Waals surface area (Å²) < 4.78 is 4.95. The molecular formula is C12H25N3O2.